The number of thioether (sulfide) groups is 1. The summed E-state index contributed by atoms with van der Waals surface area (Å²) in [4.78, 5) is 13.2. The maximum absolute atomic E-state index is 13.8. The first kappa shape index (κ1) is 22.5. The molecule has 0 aliphatic heterocycles. The van der Waals surface area contributed by atoms with Gasteiger partial charge < -0.3 is 9.88 Å². The zero-order chi connectivity index (χ0) is 22.8. The molecule has 0 fully saturated rings. The number of nitrogens with one attached hydrogen (secondary N) is 1. The number of benzene rings is 2. The van der Waals surface area contributed by atoms with Gasteiger partial charge in [0.15, 0.2) is 10.1 Å². The SMILES string of the molecule is Cc1cc(C(=O)C(C)Sc2nnc(Nc3ccccc3F)s2)c(C)n1-c1ccc(Cl)cc1. The molecular formula is C23H20ClFN4OS2. The number of para-hydroxylation sites is 1. The van der Waals surface area contributed by atoms with E-state index in [0.717, 1.165) is 17.1 Å². The van der Waals surface area contributed by atoms with E-state index in [1.54, 1.807) is 18.2 Å². The van der Waals surface area contributed by atoms with Crippen LogP contribution in [-0.2, 0) is 0 Å². The first-order chi connectivity index (χ1) is 15.3. The Morgan fingerprint density at radius 2 is 1.88 bits per heavy atom. The fourth-order valence-electron chi connectivity index (χ4n) is 3.41. The molecule has 0 radical (unpaired) electrons. The molecule has 5 nitrogen and oxygen atoms in total. The predicted molar refractivity (Wildman–Crippen MR) is 129 cm³/mol. The first-order valence-corrected chi connectivity index (χ1v) is 11.9. The summed E-state index contributed by atoms with van der Waals surface area (Å²) in [5, 5.41) is 11.9. The van der Waals surface area contributed by atoms with Crippen LogP contribution in [0.3, 0.4) is 0 Å². The molecule has 2 heterocycles. The molecule has 1 N–H and O–H groups in total. The Bertz CT molecular complexity index is 1270. The summed E-state index contributed by atoms with van der Waals surface area (Å²) in [6, 6.07) is 15.8. The van der Waals surface area contributed by atoms with Crippen molar-refractivity contribution in [3.8, 4) is 5.69 Å². The fraction of sp³-hybridized carbons (Fsp3) is 0.174. The minimum Gasteiger partial charge on any atom is -0.328 e. The molecule has 0 amide bonds. The van der Waals surface area contributed by atoms with Gasteiger partial charge in [-0.3, -0.25) is 4.79 Å². The van der Waals surface area contributed by atoms with E-state index in [4.69, 9.17) is 11.6 Å². The molecule has 2 aromatic heterocycles. The van der Waals surface area contributed by atoms with E-state index < -0.39 is 0 Å². The Morgan fingerprint density at radius 3 is 2.59 bits per heavy atom. The fourth-order valence-corrected chi connectivity index (χ4v) is 5.51. The van der Waals surface area contributed by atoms with Crippen LogP contribution in [0.4, 0.5) is 15.2 Å². The molecule has 2 aromatic carbocycles. The van der Waals surface area contributed by atoms with Crippen LogP contribution in [0, 0.1) is 19.7 Å². The summed E-state index contributed by atoms with van der Waals surface area (Å²) in [6.45, 7) is 5.77. The first-order valence-electron chi connectivity index (χ1n) is 9.84. The number of nitrogens with zero attached hydrogens (tertiary/aromatic N) is 3. The number of anilines is 2. The van der Waals surface area contributed by atoms with Gasteiger partial charge in [0.1, 0.15) is 5.82 Å². The van der Waals surface area contributed by atoms with Crippen LogP contribution in [0.5, 0.6) is 0 Å². The number of carbonyl (C=O) groups excluding carboxylic acids is 1. The van der Waals surface area contributed by atoms with Gasteiger partial charge in [0.2, 0.25) is 5.13 Å². The summed E-state index contributed by atoms with van der Waals surface area (Å²) in [7, 11) is 0. The lowest BCUT2D eigenvalue weighted by atomic mass is 10.1. The molecule has 1 unspecified atom stereocenters. The number of ketones is 1. The second-order valence-corrected chi connectivity index (χ2v) is 10.2. The van der Waals surface area contributed by atoms with Crippen molar-refractivity contribution in [2.24, 2.45) is 0 Å². The number of aromatic nitrogens is 3. The molecule has 0 aliphatic rings. The topological polar surface area (TPSA) is 59.8 Å². The van der Waals surface area contributed by atoms with E-state index >= 15 is 0 Å². The third kappa shape index (κ3) is 4.72. The summed E-state index contributed by atoms with van der Waals surface area (Å²) >= 11 is 8.63. The minimum atomic E-state index is -0.364. The number of carbonyl (C=O) groups is 1. The minimum absolute atomic E-state index is 0.0159. The average molecular weight is 487 g/mol. The highest BCUT2D eigenvalue weighted by atomic mass is 35.5. The Morgan fingerprint density at radius 1 is 1.16 bits per heavy atom. The highest BCUT2D eigenvalue weighted by Gasteiger charge is 2.23. The van der Waals surface area contributed by atoms with Gasteiger partial charge in [0.05, 0.1) is 10.9 Å². The van der Waals surface area contributed by atoms with Crippen molar-refractivity contribution in [2.75, 3.05) is 5.32 Å². The lowest BCUT2D eigenvalue weighted by Crippen LogP contribution is -2.14. The van der Waals surface area contributed by atoms with Gasteiger partial charge in [-0.25, -0.2) is 4.39 Å². The smallest absolute Gasteiger partial charge is 0.210 e. The molecule has 32 heavy (non-hydrogen) atoms. The standard InChI is InChI=1S/C23H20ClFN4OS2/c1-13-12-18(14(2)29(13)17-10-8-16(24)9-11-17)21(30)15(3)31-23-28-27-22(32-23)26-20-7-5-4-6-19(20)25/h4-12,15H,1-3H3,(H,26,27). The molecule has 4 rings (SSSR count). The van der Waals surface area contributed by atoms with Crippen molar-refractivity contribution in [1.29, 1.82) is 0 Å². The van der Waals surface area contributed by atoms with Gasteiger partial charge >= 0.3 is 0 Å². The van der Waals surface area contributed by atoms with E-state index in [1.807, 2.05) is 55.7 Å². The number of aryl methyl sites for hydroxylation is 1. The number of hydrogen-bond donors (Lipinski definition) is 1. The summed E-state index contributed by atoms with van der Waals surface area (Å²) in [6.07, 6.45) is 0. The van der Waals surface area contributed by atoms with Crippen LogP contribution in [0.1, 0.15) is 28.7 Å². The van der Waals surface area contributed by atoms with Crippen LogP contribution in [-0.4, -0.2) is 25.8 Å². The Balaban J connectivity index is 1.49. The van der Waals surface area contributed by atoms with Crippen LogP contribution >= 0.6 is 34.7 Å². The number of Topliss-reactive ketones (excluding diaryl/α,β-unsaturated/α-hetero) is 1. The van der Waals surface area contributed by atoms with E-state index in [9.17, 15) is 9.18 Å². The van der Waals surface area contributed by atoms with E-state index in [2.05, 4.69) is 15.5 Å². The maximum Gasteiger partial charge on any atom is 0.210 e. The third-order valence-electron chi connectivity index (χ3n) is 4.95. The second kappa shape index (κ2) is 9.44. The Labute approximate surface area is 198 Å². The summed E-state index contributed by atoms with van der Waals surface area (Å²) in [5.41, 5.74) is 3.81. The molecule has 0 saturated heterocycles. The van der Waals surface area contributed by atoms with Crippen molar-refractivity contribution in [3.05, 3.63) is 82.4 Å². The molecule has 9 heteroatoms. The Kier molecular flexibility index (Phi) is 6.64. The second-order valence-electron chi connectivity index (χ2n) is 7.20. The molecular weight excluding hydrogens is 467 g/mol. The molecule has 1 atom stereocenters. The van der Waals surface area contributed by atoms with Crippen molar-refractivity contribution >= 4 is 51.3 Å². The van der Waals surface area contributed by atoms with Gasteiger partial charge in [0.25, 0.3) is 0 Å². The largest absolute Gasteiger partial charge is 0.328 e. The maximum atomic E-state index is 13.8. The van der Waals surface area contributed by atoms with Crippen molar-refractivity contribution < 1.29 is 9.18 Å². The number of hydrogen-bond acceptors (Lipinski definition) is 6. The highest BCUT2D eigenvalue weighted by molar-refractivity contribution is 8.02. The molecule has 0 aliphatic carbocycles. The van der Waals surface area contributed by atoms with Crippen LogP contribution in [0.2, 0.25) is 5.02 Å². The average Bonchev–Trinajstić information content (AvgIpc) is 3.33. The monoisotopic (exact) mass is 486 g/mol. The van der Waals surface area contributed by atoms with Crippen LogP contribution in [0.15, 0.2) is 58.9 Å². The van der Waals surface area contributed by atoms with Gasteiger partial charge in [-0.05, 0) is 63.2 Å². The van der Waals surface area contributed by atoms with E-state index in [-0.39, 0.29) is 16.9 Å². The molecule has 0 saturated carbocycles. The van der Waals surface area contributed by atoms with Crippen LogP contribution in [0.25, 0.3) is 5.69 Å². The third-order valence-corrected chi connectivity index (χ3v) is 7.23. The van der Waals surface area contributed by atoms with Crippen molar-refractivity contribution in [2.45, 2.75) is 30.4 Å². The number of rotatable bonds is 7. The Hall–Kier alpha value is -2.68. The van der Waals surface area contributed by atoms with E-state index in [0.29, 0.717) is 25.7 Å². The normalized spacial score (nSPS) is 12.0. The van der Waals surface area contributed by atoms with Gasteiger partial charge in [-0.15, -0.1) is 10.2 Å². The van der Waals surface area contributed by atoms with Gasteiger partial charge in [-0.2, -0.15) is 0 Å². The van der Waals surface area contributed by atoms with E-state index in [1.165, 1.54) is 29.2 Å². The number of halogens is 2. The zero-order valence-corrected chi connectivity index (χ0v) is 20.0. The summed E-state index contributed by atoms with van der Waals surface area (Å²) < 4.78 is 16.5. The molecule has 4 aromatic rings. The van der Waals surface area contributed by atoms with Gasteiger partial charge in [0, 0.05) is 27.7 Å². The van der Waals surface area contributed by atoms with Gasteiger partial charge in [-0.1, -0.05) is 46.8 Å². The molecule has 164 valence electrons. The lowest BCUT2D eigenvalue weighted by Gasteiger charge is -2.11. The van der Waals surface area contributed by atoms with Crippen molar-refractivity contribution in [1.82, 2.24) is 14.8 Å². The van der Waals surface area contributed by atoms with Crippen LogP contribution < -0.4 is 5.32 Å². The quantitative estimate of drug-likeness (QED) is 0.229. The zero-order valence-electron chi connectivity index (χ0n) is 17.6. The highest BCUT2D eigenvalue weighted by Crippen LogP contribution is 2.33. The molecule has 0 bridgehead atoms. The predicted octanol–water partition coefficient (Wildman–Crippen LogP) is 6.85. The van der Waals surface area contributed by atoms with Crippen molar-refractivity contribution in [3.63, 3.8) is 0 Å². The molecule has 0 spiro atoms. The summed E-state index contributed by atoms with van der Waals surface area (Å²) in [5.74, 6) is -0.349. The lowest BCUT2D eigenvalue weighted by molar-refractivity contribution is 0.0993.